The molecule has 0 unspecified atom stereocenters. The van der Waals surface area contributed by atoms with E-state index in [4.69, 9.17) is 0 Å². The fraction of sp³-hybridized carbons (Fsp3) is 0.571. The third kappa shape index (κ3) is 3.86. The van der Waals surface area contributed by atoms with Crippen molar-refractivity contribution < 1.29 is 0 Å². The molecule has 16 heavy (non-hydrogen) atoms. The zero-order valence-electron chi connectivity index (χ0n) is 11.0. The quantitative estimate of drug-likeness (QED) is 0.792. The van der Waals surface area contributed by atoms with Crippen LogP contribution in [0, 0.1) is 13.8 Å². The molecule has 0 amide bonds. The van der Waals surface area contributed by atoms with Crippen LogP contribution in [0.25, 0.3) is 0 Å². The minimum Gasteiger partial charge on any atom is -0.384 e. The van der Waals surface area contributed by atoms with Crippen LogP contribution in [0.5, 0.6) is 0 Å². The number of anilines is 1. The van der Waals surface area contributed by atoms with Crippen molar-refractivity contribution in [2.24, 2.45) is 0 Å². The molecule has 0 bridgehead atoms. The van der Waals surface area contributed by atoms with Gasteiger partial charge in [0.1, 0.15) is 0 Å². The summed E-state index contributed by atoms with van der Waals surface area (Å²) in [6, 6.07) is 6.55. The van der Waals surface area contributed by atoms with Crippen LogP contribution in [-0.4, -0.2) is 31.1 Å². The standard InChI is InChI=1S/C14H24N2/c1-5-16(6-2)10-9-15-14-11-12(3)7-8-13(14)4/h7-8,11,15H,5-6,9-10H2,1-4H3. The molecule has 0 spiro atoms. The molecular formula is C14H24N2. The number of hydrogen-bond acceptors (Lipinski definition) is 2. The molecule has 1 aromatic carbocycles. The van der Waals surface area contributed by atoms with Gasteiger partial charge in [0.15, 0.2) is 0 Å². The lowest BCUT2D eigenvalue weighted by Gasteiger charge is -2.19. The Labute approximate surface area is 99.7 Å². The number of rotatable bonds is 6. The highest BCUT2D eigenvalue weighted by molar-refractivity contribution is 5.52. The molecule has 0 aromatic heterocycles. The lowest BCUT2D eigenvalue weighted by atomic mass is 10.1. The van der Waals surface area contributed by atoms with Crippen LogP contribution in [0.1, 0.15) is 25.0 Å². The van der Waals surface area contributed by atoms with Crippen LogP contribution >= 0.6 is 0 Å². The molecular weight excluding hydrogens is 196 g/mol. The summed E-state index contributed by atoms with van der Waals surface area (Å²) >= 11 is 0. The molecule has 0 aliphatic rings. The summed E-state index contributed by atoms with van der Waals surface area (Å²) in [6.45, 7) is 13.1. The predicted molar refractivity (Wildman–Crippen MR) is 72.2 cm³/mol. The molecule has 90 valence electrons. The number of nitrogens with zero attached hydrogens (tertiary/aromatic N) is 1. The zero-order valence-corrected chi connectivity index (χ0v) is 11.0. The van der Waals surface area contributed by atoms with E-state index < -0.39 is 0 Å². The fourth-order valence-corrected chi connectivity index (χ4v) is 1.81. The van der Waals surface area contributed by atoms with Gasteiger partial charge in [-0.15, -0.1) is 0 Å². The second kappa shape index (κ2) is 6.54. The lowest BCUT2D eigenvalue weighted by Crippen LogP contribution is -2.28. The van der Waals surface area contributed by atoms with Gasteiger partial charge in [-0.2, -0.15) is 0 Å². The van der Waals surface area contributed by atoms with Gasteiger partial charge in [0.25, 0.3) is 0 Å². The number of benzene rings is 1. The number of likely N-dealkylation sites (N-methyl/N-ethyl adjacent to an activating group) is 1. The third-order valence-corrected chi connectivity index (χ3v) is 3.03. The van der Waals surface area contributed by atoms with Crippen molar-refractivity contribution in [1.82, 2.24) is 4.90 Å². The smallest absolute Gasteiger partial charge is 0.0372 e. The average molecular weight is 220 g/mol. The molecule has 1 N–H and O–H groups in total. The maximum atomic E-state index is 3.51. The van der Waals surface area contributed by atoms with Crippen molar-refractivity contribution in [3.63, 3.8) is 0 Å². The van der Waals surface area contributed by atoms with Crippen molar-refractivity contribution >= 4 is 5.69 Å². The molecule has 0 heterocycles. The van der Waals surface area contributed by atoms with Crippen LogP contribution in [0.2, 0.25) is 0 Å². The van der Waals surface area contributed by atoms with Crippen molar-refractivity contribution in [3.8, 4) is 0 Å². The van der Waals surface area contributed by atoms with E-state index in [1.807, 2.05) is 0 Å². The van der Waals surface area contributed by atoms with E-state index in [2.05, 4.69) is 56.1 Å². The Morgan fingerprint density at radius 1 is 1.12 bits per heavy atom. The molecule has 0 saturated carbocycles. The molecule has 0 atom stereocenters. The maximum Gasteiger partial charge on any atom is 0.0372 e. The molecule has 0 radical (unpaired) electrons. The molecule has 0 aliphatic carbocycles. The van der Waals surface area contributed by atoms with Gasteiger partial charge in [0.2, 0.25) is 0 Å². The summed E-state index contributed by atoms with van der Waals surface area (Å²) in [6.07, 6.45) is 0. The Morgan fingerprint density at radius 2 is 1.81 bits per heavy atom. The topological polar surface area (TPSA) is 15.3 Å². The first-order valence-corrected chi connectivity index (χ1v) is 6.20. The molecule has 0 aliphatic heterocycles. The van der Waals surface area contributed by atoms with Crippen molar-refractivity contribution in [2.75, 3.05) is 31.5 Å². The summed E-state index contributed by atoms with van der Waals surface area (Å²) < 4.78 is 0. The van der Waals surface area contributed by atoms with Crippen LogP contribution in [-0.2, 0) is 0 Å². The van der Waals surface area contributed by atoms with Gasteiger partial charge < -0.3 is 10.2 Å². The molecule has 0 saturated heterocycles. The van der Waals surface area contributed by atoms with Gasteiger partial charge in [0, 0.05) is 18.8 Å². The molecule has 2 nitrogen and oxygen atoms in total. The summed E-state index contributed by atoms with van der Waals surface area (Å²) in [5.41, 5.74) is 3.91. The van der Waals surface area contributed by atoms with Gasteiger partial charge >= 0.3 is 0 Å². The zero-order chi connectivity index (χ0) is 12.0. The van der Waals surface area contributed by atoms with Crippen LogP contribution < -0.4 is 5.32 Å². The molecule has 1 rings (SSSR count). The highest BCUT2D eigenvalue weighted by Crippen LogP contribution is 2.15. The Kier molecular flexibility index (Phi) is 5.33. The Balaban J connectivity index is 2.45. The van der Waals surface area contributed by atoms with Crippen LogP contribution in [0.3, 0.4) is 0 Å². The first-order valence-electron chi connectivity index (χ1n) is 6.20. The fourth-order valence-electron chi connectivity index (χ4n) is 1.81. The maximum absolute atomic E-state index is 3.51. The Hall–Kier alpha value is -1.02. The lowest BCUT2D eigenvalue weighted by molar-refractivity contribution is 0.316. The van der Waals surface area contributed by atoms with Gasteiger partial charge in [-0.25, -0.2) is 0 Å². The minimum atomic E-state index is 1.02. The van der Waals surface area contributed by atoms with Crippen molar-refractivity contribution in [2.45, 2.75) is 27.7 Å². The SMILES string of the molecule is CCN(CC)CCNc1cc(C)ccc1C. The normalized spacial score (nSPS) is 10.8. The second-order valence-corrected chi connectivity index (χ2v) is 4.27. The summed E-state index contributed by atoms with van der Waals surface area (Å²) in [5, 5.41) is 3.51. The van der Waals surface area contributed by atoms with Gasteiger partial charge in [-0.05, 0) is 44.1 Å². The van der Waals surface area contributed by atoms with Crippen LogP contribution in [0.4, 0.5) is 5.69 Å². The van der Waals surface area contributed by atoms with Gasteiger partial charge in [-0.1, -0.05) is 26.0 Å². The van der Waals surface area contributed by atoms with Gasteiger partial charge in [0.05, 0.1) is 0 Å². The second-order valence-electron chi connectivity index (χ2n) is 4.27. The average Bonchev–Trinajstić information content (AvgIpc) is 2.29. The molecule has 0 fully saturated rings. The predicted octanol–water partition coefficient (Wildman–Crippen LogP) is 3.06. The van der Waals surface area contributed by atoms with E-state index >= 15 is 0 Å². The third-order valence-electron chi connectivity index (χ3n) is 3.03. The number of hydrogen-bond donors (Lipinski definition) is 1. The first kappa shape index (κ1) is 13.0. The summed E-state index contributed by atoms with van der Waals surface area (Å²) in [4.78, 5) is 2.43. The summed E-state index contributed by atoms with van der Waals surface area (Å²) in [5.74, 6) is 0. The van der Waals surface area contributed by atoms with Crippen molar-refractivity contribution in [3.05, 3.63) is 29.3 Å². The van der Waals surface area contributed by atoms with E-state index in [1.165, 1.54) is 16.8 Å². The number of aryl methyl sites for hydroxylation is 2. The van der Waals surface area contributed by atoms with Crippen molar-refractivity contribution in [1.29, 1.82) is 0 Å². The van der Waals surface area contributed by atoms with E-state index in [0.29, 0.717) is 0 Å². The largest absolute Gasteiger partial charge is 0.384 e. The Morgan fingerprint density at radius 3 is 2.44 bits per heavy atom. The summed E-state index contributed by atoms with van der Waals surface area (Å²) in [7, 11) is 0. The highest BCUT2D eigenvalue weighted by atomic mass is 15.1. The Bertz CT molecular complexity index is 317. The first-order chi connectivity index (χ1) is 7.67. The number of nitrogens with one attached hydrogen (secondary N) is 1. The molecule has 2 heteroatoms. The van der Waals surface area contributed by atoms with Gasteiger partial charge in [-0.3, -0.25) is 0 Å². The minimum absolute atomic E-state index is 1.02. The molecule has 1 aromatic rings. The van der Waals surface area contributed by atoms with E-state index in [1.54, 1.807) is 0 Å². The van der Waals surface area contributed by atoms with E-state index in [-0.39, 0.29) is 0 Å². The highest BCUT2D eigenvalue weighted by Gasteiger charge is 2.00. The van der Waals surface area contributed by atoms with E-state index in [9.17, 15) is 0 Å². The van der Waals surface area contributed by atoms with E-state index in [0.717, 1.165) is 26.2 Å². The van der Waals surface area contributed by atoms with Crippen LogP contribution in [0.15, 0.2) is 18.2 Å². The monoisotopic (exact) mass is 220 g/mol.